The van der Waals surface area contributed by atoms with Crippen molar-refractivity contribution in [3.8, 4) is 6.19 Å². The van der Waals surface area contributed by atoms with Crippen LogP contribution in [-0.4, -0.2) is 36.8 Å². The number of aromatic nitrogens is 2. The number of benzene rings is 2. The third-order valence-corrected chi connectivity index (χ3v) is 7.51. The first-order chi connectivity index (χ1) is 17.3. The van der Waals surface area contributed by atoms with E-state index < -0.39 is 10.0 Å². The number of hydrogen-bond acceptors (Lipinski definition) is 7. The van der Waals surface area contributed by atoms with E-state index in [1.54, 1.807) is 19.1 Å². The largest absolute Gasteiger partial charge is 0.461 e. The van der Waals surface area contributed by atoms with Gasteiger partial charge in [-0.05, 0) is 54.8 Å². The van der Waals surface area contributed by atoms with E-state index in [9.17, 15) is 13.2 Å². The fourth-order valence-electron chi connectivity index (χ4n) is 3.87. The molecular weight excluding hydrogens is 496 g/mol. The number of thioether (sulfide) groups is 1. The summed E-state index contributed by atoms with van der Waals surface area (Å²) in [5.41, 5.74) is 3.50. The van der Waals surface area contributed by atoms with Crippen LogP contribution in [0.2, 0.25) is 0 Å². The van der Waals surface area contributed by atoms with E-state index in [2.05, 4.69) is 13.0 Å². The van der Waals surface area contributed by atoms with E-state index in [0.717, 1.165) is 41.8 Å². The molecule has 0 spiro atoms. The highest BCUT2D eigenvalue weighted by molar-refractivity contribution is 7.98. The molecule has 0 saturated heterocycles. The number of carbonyl (C=O) groups excluding carboxylic acids is 1. The molecule has 0 aliphatic rings. The Morgan fingerprint density at radius 2 is 1.86 bits per heavy atom. The molecule has 0 saturated carbocycles. The number of aryl methyl sites for hydroxylation is 1. The Kier molecular flexibility index (Phi) is 9.56. The van der Waals surface area contributed by atoms with E-state index in [1.165, 1.54) is 30.1 Å². The molecule has 0 atom stereocenters. The van der Waals surface area contributed by atoms with Gasteiger partial charge >= 0.3 is 5.97 Å². The Hall–Kier alpha value is -3.29. The fraction of sp³-hybridized carbons (Fsp3) is 0.346. The molecule has 0 fully saturated rings. The van der Waals surface area contributed by atoms with E-state index >= 15 is 0 Å². The molecule has 8 nitrogen and oxygen atoms in total. The van der Waals surface area contributed by atoms with Crippen molar-refractivity contribution in [1.29, 1.82) is 5.26 Å². The summed E-state index contributed by atoms with van der Waals surface area (Å²) in [4.78, 5) is 17.6. The molecule has 0 unspecified atom stereocenters. The molecule has 3 aromatic rings. The molecule has 1 heterocycles. The second-order valence-corrected chi connectivity index (χ2v) is 10.6. The van der Waals surface area contributed by atoms with Crippen molar-refractivity contribution in [1.82, 2.24) is 14.3 Å². The highest BCUT2D eigenvalue weighted by Crippen LogP contribution is 2.25. The van der Waals surface area contributed by atoms with Gasteiger partial charge in [-0.15, -0.1) is 11.8 Å². The predicted octanol–water partition coefficient (Wildman–Crippen LogP) is 4.52. The summed E-state index contributed by atoms with van der Waals surface area (Å²) in [5, 5.41) is 9.30. The minimum atomic E-state index is -3.83. The molecule has 1 aromatic heterocycles. The van der Waals surface area contributed by atoms with Gasteiger partial charge in [-0.2, -0.15) is 5.26 Å². The standard InChI is InChI=1S/C26H30N4O4S2/c1-4-6-10-23-29-25(35-3)24(26(31)34-5-2)30(23)17-21-9-7-8-20(16-21)15-19-11-13-22(14-12-19)36(32,33)28-18-27/h7-9,11-14,16,28H,4-6,10,15,17H2,1-3H3. The lowest BCUT2D eigenvalue weighted by molar-refractivity contribution is 0.0509. The monoisotopic (exact) mass is 526 g/mol. The summed E-state index contributed by atoms with van der Waals surface area (Å²) in [7, 11) is -3.83. The Balaban J connectivity index is 1.87. The number of sulfonamides is 1. The summed E-state index contributed by atoms with van der Waals surface area (Å²) in [5.74, 6) is 0.506. The summed E-state index contributed by atoms with van der Waals surface area (Å²) < 4.78 is 33.1. The van der Waals surface area contributed by atoms with Crippen LogP contribution in [0.25, 0.3) is 0 Å². The van der Waals surface area contributed by atoms with Gasteiger partial charge in [-0.25, -0.2) is 22.9 Å². The van der Waals surface area contributed by atoms with Crippen molar-refractivity contribution >= 4 is 27.8 Å². The first-order valence-corrected chi connectivity index (χ1v) is 14.4. The molecule has 1 N–H and O–H groups in total. The molecule has 3 rings (SSSR count). The highest BCUT2D eigenvalue weighted by Gasteiger charge is 2.24. The number of esters is 1. The summed E-state index contributed by atoms with van der Waals surface area (Å²) in [6.07, 6.45) is 6.74. The van der Waals surface area contributed by atoms with Crippen molar-refractivity contribution < 1.29 is 17.9 Å². The van der Waals surface area contributed by atoms with Crippen LogP contribution in [0.3, 0.4) is 0 Å². The number of unbranched alkanes of at least 4 members (excludes halogenated alkanes) is 1. The number of hydrogen-bond donors (Lipinski definition) is 1. The van der Waals surface area contributed by atoms with E-state index in [1.807, 2.05) is 33.7 Å². The number of ether oxygens (including phenoxy) is 1. The normalized spacial score (nSPS) is 11.2. The molecule has 2 aromatic carbocycles. The minimum Gasteiger partial charge on any atom is -0.461 e. The van der Waals surface area contributed by atoms with E-state index in [4.69, 9.17) is 15.0 Å². The molecule has 0 aliphatic carbocycles. The molecule has 0 amide bonds. The van der Waals surface area contributed by atoms with Crippen LogP contribution in [0.15, 0.2) is 58.5 Å². The third-order valence-electron chi connectivity index (χ3n) is 5.58. The van der Waals surface area contributed by atoms with Crippen LogP contribution in [0, 0.1) is 11.5 Å². The number of nitrogens with one attached hydrogen (secondary N) is 1. The molecule has 190 valence electrons. The van der Waals surface area contributed by atoms with Crippen LogP contribution in [0.1, 0.15) is 59.7 Å². The quantitative estimate of drug-likeness (QED) is 0.160. The van der Waals surface area contributed by atoms with Gasteiger partial charge in [0, 0.05) is 13.0 Å². The smallest absolute Gasteiger partial charge is 0.357 e. The van der Waals surface area contributed by atoms with Crippen molar-refractivity contribution in [3.63, 3.8) is 0 Å². The number of rotatable bonds is 12. The number of carbonyl (C=O) groups is 1. The Labute approximate surface area is 216 Å². The van der Waals surface area contributed by atoms with Crippen molar-refractivity contribution in [2.45, 2.75) is 56.0 Å². The lowest BCUT2D eigenvalue weighted by atomic mass is 10.0. The molecule has 36 heavy (non-hydrogen) atoms. The predicted molar refractivity (Wildman–Crippen MR) is 139 cm³/mol. The van der Waals surface area contributed by atoms with Crippen molar-refractivity contribution in [3.05, 3.63) is 76.7 Å². The zero-order valence-electron chi connectivity index (χ0n) is 20.7. The molecule has 0 radical (unpaired) electrons. The molecular formula is C26H30N4O4S2. The number of imidazole rings is 1. The van der Waals surface area contributed by atoms with Crippen molar-refractivity contribution in [2.75, 3.05) is 12.9 Å². The zero-order valence-corrected chi connectivity index (χ0v) is 22.3. The third kappa shape index (κ3) is 6.68. The number of nitriles is 1. The average Bonchev–Trinajstić information content (AvgIpc) is 3.20. The lowest BCUT2D eigenvalue weighted by Gasteiger charge is -2.13. The van der Waals surface area contributed by atoms with Crippen molar-refractivity contribution in [2.24, 2.45) is 0 Å². The zero-order chi connectivity index (χ0) is 26.1. The maximum Gasteiger partial charge on any atom is 0.357 e. The van der Waals surface area contributed by atoms with Crippen LogP contribution < -0.4 is 4.72 Å². The average molecular weight is 527 g/mol. The van der Waals surface area contributed by atoms with Gasteiger partial charge < -0.3 is 9.30 Å². The van der Waals surface area contributed by atoms with Gasteiger partial charge in [0.05, 0.1) is 11.5 Å². The van der Waals surface area contributed by atoms with Gasteiger partial charge in [0.15, 0.2) is 11.9 Å². The van der Waals surface area contributed by atoms with Crippen LogP contribution in [-0.2, 0) is 34.1 Å². The van der Waals surface area contributed by atoms with E-state index in [-0.39, 0.29) is 10.9 Å². The molecule has 0 aliphatic heterocycles. The number of nitrogens with zero attached hydrogens (tertiary/aromatic N) is 3. The Bertz CT molecular complexity index is 1340. The van der Waals surface area contributed by atoms with Gasteiger partial charge in [-0.1, -0.05) is 49.7 Å². The lowest BCUT2D eigenvalue weighted by Crippen LogP contribution is -2.17. The van der Waals surface area contributed by atoms with Gasteiger partial charge in [-0.3, -0.25) is 0 Å². The summed E-state index contributed by atoms with van der Waals surface area (Å²) >= 11 is 1.44. The molecule has 0 bridgehead atoms. The first kappa shape index (κ1) is 27.3. The second-order valence-electron chi connectivity index (χ2n) is 8.15. The van der Waals surface area contributed by atoms with Gasteiger partial charge in [0.25, 0.3) is 10.0 Å². The maximum absolute atomic E-state index is 12.8. The van der Waals surface area contributed by atoms with E-state index in [0.29, 0.717) is 30.3 Å². The second kappa shape index (κ2) is 12.6. The van der Waals surface area contributed by atoms with Crippen LogP contribution in [0.5, 0.6) is 0 Å². The Morgan fingerprint density at radius 1 is 1.14 bits per heavy atom. The fourth-order valence-corrected chi connectivity index (χ4v) is 5.19. The summed E-state index contributed by atoms with van der Waals surface area (Å²) in [6.45, 7) is 4.71. The highest BCUT2D eigenvalue weighted by atomic mass is 32.2. The molecule has 10 heteroatoms. The van der Waals surface area contributed by atoms with Crippen LogP contribution in [0.4, 0.5) is 0 Å². The van der Waals surface area contributed by atoms with Crippen LogP contribution >= 0.6 is 11.8 Å². The first-order valence-electron chi connectivity index (χ1n) is 11.7. The van der Waals surface area contributed by atoms with Gasteiger partial charge in [0.1, 0.15) is 10.9 Å². The Morgan fingerprint density at radius 3 is 2.50 bits per heavy atom. The summed E-state index contributed by atoms with van der Waals surface area (Å²) in [6, 6.07) is 14.5. The minimum absolute atomic E-state index is 0.0392. The SMILES string of the molecule is CCCCc1nc(SC)c(C(=O)OCC)n1Cc1cccc(Cc2ccc(S(=O)(=O)NC#N)cc2)c1. The topological polar surface area (TPSA) is 114 Å². The van der Waals surface area contributed by atoms with Gasteiger partial charge in [0.2, 0.25) is 0 Å². The maximum atomic E-state index is 12.8.